The Kier molecular flexibility index (Phi) is 3.57. The summed E-state index contributed by atoms with van der Waals surface area (Å²) in [6.07, 6.45) is 0. The van der Waals surface area contributed by atoms with E-state index in [4.69, 9.17) is 0 Å². The highest BCUT2D eigenvalue weighted by Crippen LogP contribution is 2.13. The molecule has 0 bridgehead atoms. The number of nitrogens with zero attached hydrogens (tertiary/aromatic N) is 4. The van der Waals surface area contributed by atoms with Gasteiger partial charge in [0.15, 0.2) is 5.82 Å². The molecule has 1 aromatic carbocycles. The van der Waals surface area contributed by atoms with Crippen LogP contribution in [-0.2, 0) is 11.3 Å². The van der Waals surface area contributed by atoms with Gasteiger partial charge in [-0.1, -0.05) is 24.3 Å². The molecule has 0 aliphatic carbocycles. The van der Waals surface area contributed by atoms with Crippen LogP contribution in [0.25, 0.3) is 11.4 Å². The van der Waals surface area contributed by atoms with Crippen molar-refractivity contribution >= 4 is 5.91 Å². The van der Waals surface area contributed by atoms with Gasteiger partial charge in [-0.3, -0.25) is 4.79 Å². The quantitative estimate of drug-likeness (QED) is 0.865. The molecule has 0 spiro atoms. The molecule has 0 saturated heterocycles. The van der Waals surface area contributed by atoms with Crippen LogP contribution < -0.4 is 5.32 Å². The number of aromatic nitrogens is 4. The predicted molar refractivity (Wildman–Crippen MR) is 65.3 cm³/mol. The topological polar surface area (TPSA) is 80.7 Å². The molecule has 6 nitrogen and oxygen atoms in total. The third kappa shape index (κ3) is 3.07. The lowest BCUT2D eigenvalue weighted by atomic mass is 10.1. The van der Waals surface area contributed by atoms with Crippen molar-refractivity contribution in [1.82, 2.24) is 25.7 Å². The maximum atomic E-state index is 10.8. The highest BCUT2D eigenvalue weighted by molar-refractivity contribution is 5.72. The molecule has 0 fully saturated rings. The second-order valence-corrected chi connectivity index (χ2v) is 3.88. The standard InChI is InChI=1S/C12H13N5O/c1-8-14-16-12(17-15-8)11-5-3-10(4-6-11)7-13-9(2)18/h3-6H,7H2,1-2H3,(H,13,18). The number of benzene rings is 1. The summed E-state index contributed by atoms with van der Waals surface area (Å²) in [5.41, 5.74) is 1.86. The Morgan fingerprint density at radius 1 is 1.11 bits per heavy atom. The van der Waals surface area contributed by atoms with Gasteiger partial charge in [0.25, 0.3) is 0 Å². The second-order valence-electron chi connectivity index (χ2n) is 3.88. The fourth-order valence-electron chi connectivity index (χ4n) is 1.39. The number of aryl methyl sites for hydroxylation is 1. The van der Waals surface area contributed by atoms with Crippen LogP contribution in [0.5, 0.6) is 0 Å². The molecule has 1 aromatic heterocycles. The summed E-state index contributed by atoms with van der Waals surface area (Å²) in [7, 11) is 0. The third-order valence-corrected chi connectivity index (χ3v) is 2.33. The van der Waals surface area contributed by atoms with Crippen molar-refractivity contribution in [3.8, 4) is 11.4 Å². The van der Waals surface area contributed by atoms with E-state index >= 15 is 0 Å². The molecule has 6 heteroatoms. The zero-order chi connectivity index (χ0) is 13.0. The Labute approximate surface area is 104 Å². The van der Waals surface area contributed by atoms with Gasteiger partial charge >= 0.3 is 0 Å². The first-order chi connectivity index (χ1) is 8.65. The molecule has 0 atom stereocenters. The van der Waals surface area contributed by atoms with Gasteiger partial charge in [-0.05, 0) is 12.5 Å². The number of rotatable bonds is 3. The summed E-state index contributed by atoms with van der Waals surface area (Å²) in [4.78, 5) is 10.8. The first kappa shape index (κ1) is 12.1. The van der Waals surface area contributed by atoms with Crippen LogP contribution in [0.4, 0.5) is 0 Å². The number of hydrogen-bond acceptors (Lipinski definition) is 5. The van der Waals surface area contributed by atoms with E-state index in [1.807, 2.05) is 24.3 Å². The molecule has 0 aliphatic heterocycles. The lowest BCUT2D eigenvalue weighted by Gasteiger charge is -2.03. The molecule has 0 radical (unpaired) electrons. The molecule has 92 valence electrons. The highest BCUT2D eigenvalue weighted by Gasteiger charge is 2.03. The van der Waals surface area contributed by atoms with Gasteiger partial charge in [0, 0.05) is 19.0 Å². The summed E-state index contributed by atoms with van der Waals surface area (Å²) in [5.74, 6) is 0.988. The maximum Gasteiger partial charge on any atom is 0.217 e. The summed E-state index contributed by atoms with van der Waals surface area (Å²) in [6.45, 7) is 3.74. The average Bonchev–Trinajstić information content (AvgIpc) is 2.38. The lowest BCUT2D eigenvalue weighted by molar-refractivity contribution is -0.119. The lowest BCUT2D eigenvalue weighted by Crippen LogP contribution is -2.18. The van der Waals surface area contributed by atoms with Gasteiger partial charge in [-0.2, -0.15) is 0 Å². The fourth-order valence-corrected chi connectivity index (χ4v) is 1.39. The van der Waals surface area contributed by atoms with Crippen molar-refractivity contribution in [2.75, 3.05) is 0 Å². The number of hydrogen-bond donors (Lipinski definition) is 1. The van der Waals surface area contributed by atoms with Crippen LogP contribution in [0.3, 0.4) is 0 Å². The molecule has 0 aliphatic rings. The Bertz CT molecular complexity index is 535. The van der Waals surface area contributed by atoms with Crippen LogP contribution in [0.15, 0.2) is 24.3 Å². The second kappa shape index (κ2) is 5.31. The first-order valence-corrected chi connectivity index (χ1v) is 5.53. The van der Waals surface area contributed by atoms with E-state index in [0.717, 1.165) is 11.1 Å². The summed E-state index contributed by atoms with van der Waals surface area (Å²) in [5, 5.41) is 18.4. The molecule has 2 rings (SSSR count). The molecule has 2 aromatic rings. The van der Waals surface area contributed by atoms with Gasteiger partial charge in [-0.15, -0.1) is 20.4 Å². The summed E-state index contributed by atoms with van der Waals surface area (Å²) in [6, 6.07) is 7.58. The minimum absolute atomic E-state index is 0.0469. The molecule has 0 saturated carbocycles. The molecule has 1 amide bonds. The minimum Gasteiger partial charge on any atom is -0.352 e. The van der Waals surface area contributed by atoms with E-state index in [1.165, 1.54) is 6.92 Å². The zero-order valence-electron chi connectivity index (χ0n) is 10.2. The van der Waals surface area contributed by atoms with E-state index in [2.05, 4.69) is 25.7 Å². The van der Waals surface area contributed by atoms with Gasteiger partial charge in [0.1, 0.15) is 0 Å². The van der Waals surface area contributed by atoms with Crippen molar-refractivity contribution in [2.45, 2.75) is 20.4 Å². The average molecular weight is 243 g/mol. The van der Waals surface area contributed by atoms with E-state index in [0.29, 0.717) is 18.2 Å². The molecule has 0 unspecified atom stereocenters. The fraction of sp³-hybridized carbons (Fsp3) is 0.250. The van der Waals surface area contributed by atoms with Crippen molar-refractivity contribution in [2.24, 2.45) is 0 Å². The van der Waals surface area contributed by atoms with Crippen LogP contribution in [0.1, 0.15) is 18.3 Å². The maximum absolute atomic E-state index is 10.8. The van der Waals surface area contributed by atoms with Crippen molar-refractivity contribution in [3.05, 3.63) is 35.7 Å². The number of nitrogens with one attached hydrogen (secondary N) is 1. The zero-order valence-corrected chi connectivity index (χ0v) is 10.2. The number of carbonyl (C=O) groups is 1. The first-order valence-electron chi connectivity index (χ1n) is 5.53. The molecule has 18 heavy (non-hydrogen) atoms. The van der Waals surface area contributed by atoms with Gasteiger partial charge in [0.05, 0.1) is 0 Å². The summed E-state index contributed by atoms with van der Waals surface area (Å²) >= 11 is 0. The van der Waals surface area contributed by atoms with Crippen molar-refractivity contribution < 1.29 is 4.79 Å². The molecule has 1 N–H and O–H groups in total. The largest absolute Gasteiger partial charge is 0.352 e. The third-order valence-electron chi connectivity index (χ3n) is 2.33. The SMILES string of the molecule is CC(=O)NCc1ccc(-c2nnc(C)nn2)cc1. The van der Waals surface area contributed by atoms with Crippen LogP contribution in [-0.4, -0.2) is 26.3 Å². The molecule has 1 heterocycles. The Balaban J connectivity index is 2.12. The van der Waals surface area contributed by atoms with Crippen LogP contribution >= 0.6 is 0 Å². The van der Waals surface area contributed by atoms with Crippen molar-refractivity contribution in [3.63, 3.8) is 0 Å². The number of amides is 1. The number of carbonyl (C=O) groups excluding carboxylic acids is 1. The van der Waals surface area contributed by atoms with Gasteiger partial charge in [-0.25, -0.2) is 0 Å². The minimum atomic E-state index is -0.0469. The smallest absolute Gasteiger partial charge is 0.217 e. The van der Waals surface area contributed by atoms with Gasteiger partial charge in [0.2, 0.25) is 11.7 Å². The van der Waals surface area contributed by atoms with Crippen LogP contribution in [0, 0.1) is 6.92 Å². The Morgan fingerprint density at radius 2 is 1.72 bits per heavy atom. The monoisotopic (exact) mass is 243 g/mol. The van der Waals surface area contributed by atoms with E-state index in [-0.39, 0.29) is 5.91 Å². The molecular weight excluding hydrogens is 230 g/mol. The Morgan fingerprint density at radius 3 is 2.28 bits per heavy atom. The van der Waals surface area contributed by atoms with Gasteiger partial charge < -0.3 is 5.32 Å². The van der Waals surface area contributed by atoms with E-state index in [9.17, 15) is 4.79 Å². The van der Waals surface area contributed by atoms with E-state index in [1.54, 1.807) is 6.92 Å². The molecular formula is C12H13N5O. The Hall–Kier alpha value is -2.37. The van der Waals surface area contributed by atoms with Crippen LogP contribution in [0.2, 0.25) is 0 Å². The van der Waals surface area contributed by atoms with E-state index < -0.39 is 0 Å². The normalized spacial score (nSPS) is 10.1. The van der Waals surface area contributed by atoms with Crippen molar-refractivity contribution in [1.29, 1.82) is 0 Å². The highest BCUT2D eigenvalue weighted by atomic mass is 16.1. The summed E-state index contributed by atoms with van der Waals surface area (Å²) < 4.78 is 0. The predicted octanol–water partition coefficient (Wildman–Crippen LogP) is 0.878.